The van der Waals surface area contributed by atoms with Crippen LogP contribution in [0.15, 0.2) is 52.4 Å². The van der Waals surface area contributed by atoms with Crippen LogP contribution in [0.4, 0.5) is 5.69 Å². The summed E-state index contributed by atoms with van der Waals surface area (Å²) in [6.07, 6.45) is 1.75. The monoisotopic (exact) mass is 405 g/mol. The van der Waals surface area contributed by atoms with Gasteiger partial charge in [0.15, 0.2) is 0 Å². The summed E-state index contributed by atoms with van der Waals surface area (Å²) in [5.41, 5.74) is 4.26. The summed E-state index contributed by atoms with van der Waals surface area (Å²) >= 11 is 1.08. The average molecular weight is 406 g/mol. The number of benzene rings is 2. The highest BCUT2D eigenvalue weighted by molar-refractivity contribution is 8.07. The molecular formula is C20H27N3O2S2. The first kappa shape index (κ1) is 21.6. The van der Waals surface area contributed by atoms with Gasteiger partial charge in [-0.15, -0.1) is 3.71 Å². The van der Waals surface area contributed by atoms with Crippen LogP contribution in [0.3, 0.4) is 0 Å². The molecule has 0 amide bonds. The van der Waals surface area contributed by atoms with Crippen LogP contribution in [-0.2, 0) is 10.0 Å². The molecule has 0 fully saturated rings. The molecule has 0 radical (unpaired) electrons. The van der Waals surface area contributed by atoms with E-state index >= 15 is 0 Å². The Morgan fingerprint density at radius 3 is 2.30 bits per heavy atom. The standard InChI is InChI=1S/C20H27N3O2S2/c1-15(2)23(27(24,25)19-9-6-16(3)7-10-19)26-22-13-12-21-20-11-8-17(4)14-18(20)5/h6-12,14-15,22H,13H2,1-5H3. The molecule has 5 nitrogen and oxygen atoms in total. The van der Waals surface area contributed by atoms with Crippen LogP contribution >= 0.6 is 12.1 Å². The Kier molecular flexibility index (Phi) is 7.61. The highest BCUT2D eigenvalue weighted by atomic mass is 32.3. The summed E-state index contributed by atoms with van der Waals surface area (Å²) < 4.78 is 30.2. The Bertz CT molecular complexity index is 892. The zero-order chi connectivity index (χ0) is 20.0. The molecular weight excluding hydrogens is 378 g/mol. The van der Waals surface area contributed by atoms with Gasteiger partial charge in [0.2, 0.25) is 0 Å². The minimum absolute atomic E-state index is 0.190. The third-order valence-corrected chi connectivity index (χ3v) is 7.36. The van der Waals surface area contributed by atoms with Crippen LogP contribution < -0.4 is 4.72 Å². The molecule has 1 N–H and O–H groups in total. The van der Waals surface area contributed by atoms with Crippen LogP contribution in [0.25, 0.3) is 0 Å². The molecule has 0 aromatic heterocycles. The van der Waals surface area contributed by atoms with Crippen molar-refractivity contribution in [3.8, 4) is 0 Å². The van der Waals surface area contributed by atoms with Crippen LogP contribution in [0, 0.1) is 20.8 Å². The van der Waals surface area contributed by atoms with E-state index in [0.29, 0.717) is 11.4 Å². The first-order valence-corrected chi connectivity index (χ1v) is 11.0. The highest BCUT2D eigenvalue weighted by Crippen LogP contribution is 2.24. The fourth-order valence-corrected chi connectivity index (χ4v) is 5.02. The predicted molar refractivity (Wildman–Crippen MR) is 115 cm³/mol. The molecule has 7 heteroatoms. The summed E-state index contributed by atoms with van der Waals surface area (Å²) in [7, 11) is -3.58. The van der Waals surface area contributed by atoms with Crippen molar-refractivity contribution in [2.75, 3.05) is 6.54 Å². The number of hydrogen-bond acceptors (Lipinski definition) is 5. The van der Waals surface area contributed by atoms with Gasteiger partial charge in [-0.1, -0.05) is 35.4 Å². The van der Waals surface area contributed by atoms with Gasteiger partial charge in [0.1, 0.15) is 0 Å². The Hall–Kier alpha value is -1.67. The van der Waals surface area contributed by atoms with Gasteiger partial charge in [0, 0.05) is 30.9 Å². The van der Waals surface area contributed by atoms with E-state index in [2.05, 4.69) is 15.8 Å². The van der Waals surface area contributed by atoms with E-state index in [1.54, 1.807) is 30.5 Å². The van der Waals surface area contributed by atoms with Gasteiger partial charge < -0.3 is 0 Å². The van der Waals surface area contributed by atoms with E-state index in [4.69, 9.17) is 0 Å². The SMILES string of the molecule is Cc1ccc(S(=O)(=O)N(SNCC=Nc2ccc(C)cc2C)C(C)C)cc1. The van der Waals surface area contributed by atoms with Gasteiger partial charge in [-0.3, -0.25) is 4.99 Å². The van der Waals surface area contributed by atoms with Crippen molar-refractivity contribution in [1.82, 2.24) is 8.43 Å². The first-order valence-electron chi connectivity index (χ1n) is 8.82. The third-order valence-electron chi connectivity index (χ3n) is 3.89. The molecule has 0 atom stereocenters. The second-order valence-corrected chi connectivity index (χ2v) is 9.62. The molecule has 27 heavy (non-hydrogen) atoms. The molecule has 0 saturated carbocycles. The maximum atomic E-state index is 12.9. The molecule has 0 bridgehead atoms. The molecule has 2 aromatic carbocycles. The molecule has 0 spiro atoms. The van der Waals surface area contributed by atoms with Crippen LogP contribution in [0.5, 0.6) is 0 Å². The van der Waals surface area contributed by atoms with Crippen LogP contribution in [-0.4, -0.2) is 30.9 Å². The second-order valence-electron chi connectivity index (χ2n) is 6.71. The fraction of sp³-hybridized carbons (Fsp3) is 0.350. The van der Waals surface area contributed by atoms with E-state index in [0.717, 1.165) is 28.9 Å². The summed E-state index contributed by atoms with van der Waals surface area (Å²) in [6.45, 7) is 10.2. The lowest BCUT2D eigenvalue weighted by Crippen LogP contribution is -2.34. The van der Waals surface area contributed by atoms with E-state index in [1.807, 2.05) is 46.8 Å². The lowest BCUT2D eigenvalue weighted by molar-refractivity contribution is 0.500. The van der Waals surface area contributed by atoms with Gasteiger partial charge in [-0.25, -0.2) is 13.1 Å². The number of aryl methyl sites for hydroxylation is 3. The molecule has 0 saturated heterocycles. The van der Waals surface area contributed by atoms with Crippen molar-refractivity contribution < 1.29 is 8.42 Å². The number of rotatable bonds is 8. The lowest BCUT2D eigenvalue weighted by atomic mass is 10.1. The molecule has 2 rings (SSSR count). The van der Waals surface area contributed by atoms with Gasteiger partial charge in [0.25, 0.3) is 10.0 Å². The van der Waals surface area contributed by atoms with Crippen LogP contribution in [0.1, 0.15) is 30.5 Å². The quantitative estimate of drug-likeness (QED) is 0.397. The molecule has 2 aromatic rings. The largest absolute Gasteiger partial charge is 0.260 e. The zero-order valence-corrected chi connectivity index (χ0v) is 18.1. The van der Waals surface area contributed by atoms with Crippen molar-refractivity contribution in [3.63, 3.8) is 0 Å². The second kappa shape index (κ2) is 9.50. The van der Waals surface area contributed by atoms with Gasteiger partial charge in [-0.2, -0.15) is 0 Å². The number of nitrogens with one attached hydrogen (secondary N) is 1. The minimum atomic E-state index is -3.58. The molecule has 0 unspecified atom stereocenters. The number of sulfonamides is 1. The van der Waals surface area contributed by atoms with E-state index in [9.17, 15) is 8.42 Å². The topological polar surface area (TPSA) is 61.8 Å². The zero-order valence-electron chi connectivity index (χ0n) is 16.4. The maximum absolute atomic E-state index is 12.9. The summed E-state index contributed by atoms with van der Waals surface area (Å²) in [5, 5.41) is 0. The molecule has 0 aliphatic carbocycles. The summed E-state index contributed by atoms with van der Waals surface area (Å²) in [5.74, 6) is 0. The van der Waals surface area contributed by atoms with Crippen LogP contribution in [0.2, 0.25) is 0 Å². The van der Waals surface area contributed by atoms with Crippen molar-refractivity contribution in [2.45, 2.75) is 45.6 Å². The lowest BCUT2D eigenvalue weighted by Gasteiger charge is -2.24. The number of nitrogens with zero attached hydrogens (tertiary/aromatic N) is 2. The average Bonchev–Trinajstić information content (AvgIpc) is 2.59. The molecule has 0 aliphatic rings. The third kappa shape index (κ3) is 5.90. The Morgan fingerprint density at radius 1 is 1.07 bits per heavy atom. The van der Waals surface area contributed by atoms with E-state index < -0.39 is 10.0 Å². The van der Waals surface area contributed by atoms with Gasteiger partial charge >= 0.3 is 0 Å². The Balaban J connectivity index is 2.00. The molecule has 0 heterocycles. The smallest absolute Gasteiger partial charge is 0.253 e. The highest BCUT2D eigenvalue weighted by Gasteiger charge is 2.27. The predicted octanol–water partition coefficient (Wildman–Crippen LogP) is 4.57. The van der Waals surface area contributed by atoms with Gasteiger partial charge in [-0.05, 0) is 58.4 Å². The first-order chi connectivity index (χ1) is 12.7. The number of hydrogen-bond donors (Lipinski definition) is 1. The van der Waals surface area contributed by atoms with Crippen molar-refractivity contribution in [3.05, 3.63) is 59.2 Å². The summed E-state index contributed by atoms with van der Waals surface area (Å²) in [4.78, 5) is 4.74. The molecule has 146 valence electrons. The number of aliphatic imine (C=N–C) groups is 1. The van der Waals surface area contributed by atoms with Crippen molar-refractivity contribution in [2.24, 2.45) is 4.99 Å². The Morgan fingerprint density at radius 2 is 1.70 bits per heavy atom. The summed E-state index contributed by atoms with van der Waals surface area (Å²) in [6, 6.07) is 12.8. The fourth-order valence-electron chi connectivity index (χ4n) is 2.48. The van der Waals surface area contributed by atoms with E-state index in [-0.39, 0.29) is 6.04 Å². The van der Waals surface area contributed by atoms with Crippen molar-refractivity contribution in [1.29, 1.82) is 0 Å². The minimum Gasteiger partial charge on any atom is -0.260 e. The van der Waals surface area contributed by atoms with E-state index in [1.165, 1.54) is 9.27 Å². The maximum Gasteiger partial charge on any atom is 0.253 e. The van der Waals surface area contributed by atoms with Gasteiger partial charge in [0.05, 0.1) is 10.6 Å². The van der Waals surface area contributed by atoms with Crippen molar-refractivity contribution >= 4 is 34.1 Å². The Labute approximate surface area is 167 Å². The normalized spacial score (nSPS) is 12.4. The molecule has 0 aliphatic heterocycles.